The van der Waals surface area contributed by atoms with Crippen LogP contribution in [-0.2, 0) is 31.1 Å². The summed E-state index contributed by atoms with van der Waals surface area (Å²) in [6, 6.07) is 28.8. The molecule has 2 aliphatic heterocycles. The van der Waals surface area contributed by atoms with E-state index in [1.807, 2.05) is 78.9 Å². The summed E-state index contributed by atoms with van der Waals surface area (Å²) < 4.78 is 10.8. The third kappa shape index (κ3) is 5.36. The van der Waals surface area contributed by atoms with Gasteiger partial charge in [0, 0.05) is 10.9 Å². The number of allylic oxidation sites excluding steroid dienone is 3. The average Bonchev–Trinajstić information content (AvgIpc) is 3.55. The molecule has 2 heterocycles. The number of anilines is 1. The molecular weight excluding hydrogens is 692 g/mol. The Morgan fingerprint density at radius 1 is 0.830 bits per heavy atom. The van der Waals surface area contributed by atoms with Crippen LogP contribution in [0.2, 0.25) is 5.02 Å². The Labute approximate surface area is 312 Å². The van der Waals surface area contributed by atoms with Crippen molar-refractivity contribution < 1.29 is 33.8 Å². The molecule has 2 aliphatic carbocycles. The summed E-state index contributed by atoms with van der Waals surface area (Å²) in [5, 5.41) is 11.0. The minimum Gasteiger partial charge on any atom is -0.502 e. The number of likely N-dealkylation sites (tertiary alicyclic amines) is 1. The van der Waals surface area contributed by atoms with Crippen LogP contribution in [0.3, 0.4) is 0 Å². The molecule has 268 valence electrons. The minimum atomic E-state index is -1.40. The molecule has 53 heavy (non-hydrogen) atoms. The van der Waals surface area contributed by atoms with Crippen LogP contribution in [0.1, 0.15) is 29.5 Å². The first-order valence-electron chi connectivity index (χ1n) is 17.6. The zero-order chi connectivity index (χ0) is 37.0. The van der Waals surface area contributed by atoms with E-state index in [0.29, 0.717) is 28.3 Å². The lowest BCUT2D eigenvalue weighted by Gasteiger charge is -2.49. The van der Waals surface area contributed by atoms with Gasteiger partial charge in [-0.3, -0.25) is 24.1 Å². The molecular formula is C43H37ClN2O7. The number of halogens is 1. The van der Waals surface area contributed by atoms with Crippen LogP contribution in [0, 0.1) is 29.6 Å². The quantitative estimate of drug-likeness (QED) is 0.154. The predicted octanol–water partition coefficient (Wildman–Crippen LogP) is 6.97. The van der Waals surface area contributed by atoms with E-state index in [1.54, 1.807) is 36.4 Å². The predicted molar refractivity (Wildman–Crippen MR) is 199 cm³/mol. The van der Waals surface area contributed by atoms with Crippen LogP contribution in [0.25, 0.3) is 6.08 Å². The summed E-state index contributed by atoms with van der Waals surface area (Å²) in [5.41, 5.74) is 1.96. The Morgan fingerprint density at radius 2 is 1.51 bits per heavy atom. The third-order valence-corrected chi connectivity index (χ3v) is 11.7. The SMILES string of the molecule is COc1cc(C=CC2C3=CCC4C(=O)N(Cc5ccccc5)C(=O)C4C3CC3C(=O)N(c4cccc(Cl)c4)C(=O)C23c2ccccc2)cc(OC)c1O. The van der Waals surface area contributed by atoms with E-state index >= 15 is 4.79 Å². The molecule has 4 amide bonds. The maximum Gasteiger partial charge on any atom is 0.246 e. The van der Waals surface area contributed by atoms with Gasteiger partial charge >= 0.3 is 0 Å². The second kappa shape index (κ2) is 13.4. The smallest absolute Gasteiger partial charge is 0.246 e. The second-order valence-electron chi connectivity index (χ2n) is 14.0. The fraction of sp³-hybridized carbons (Fsp3) is 0.256. The van der Waals surface area contributed by atoms with Crippen molar-refractivity contribution in [2.24, 2.45) is 29.6 Å². The number of carbonyl (C=O) groups excluding carboxylic acids is 4. The lowest BCUT2D eigenvalue weighted by atomic mass is 9.50. The Kier molecular flexibility index (Phi) is 8.69. The normalized spacial score (nSPS) is 26.4. The number of nitrogens with zero attached hydrogens (tertiary/aromatic N) is 2. The molecule has 0 spiro atoms. The Hall–Kier alpha value is -5.67. The van der Waals surface area contributed by atoms with Crippen molar-refractivity contribution in [2.75, 3.05) is 19.1 Å². The average molecular weight is 729 g/mol. The number of imide groups is 2. The Balaban J connectivity index is 1.31. The maximum atomic E-state index is 15.3. The molecule has 9 nitrogen and oxygen atoms in total. The summed E-state index contributed by atoms with van der Waals surface area (Å²) in [5.74, 6) is -4.31. The van der Waals surface area contributed by atoms with Crippen LogP contribution >= 0.6 is 11.6 Å². The number of carbonyl (C=O) groups is 4. The standard InChI is InChI=1S/C43H37ClN2O7/c1-52-35-20-26(21-36(53-2)38(35)47)16-19-33-30-17-18-31-37(41(50)45(39(31)48)24-25-10-5-3-6-11-25)32(30)23-34-40(49)46(29-15-9-14-28(44)22-29)42(51)43(33,34)27-12-7-4-8-13-27/h3-17,19-22,31-34,37,47H,18,23-24H2,1-2H3. The molecule has 0 aromatic heterocycles. The number of phenolic OH excluding ortho intramolecular Hbond substituents is 1. The number of hydrogen-bond acceptors (Lipinski definition) is 7. The summed E-state index contributed by atoms with van der Waals surface area (Å²) >= 11 is 6.41. The number of benzene rings is 4. The van der Waals surface area contributed by atoms with Crippen molar-refractivity contribution in [1.29, 1.82) is 0 Å². The van der Waals surface area contributed by atoms with E-state index in [9.17, 15) is 19.5 Å². The highest BCUT2D eigenvalue weighted by molar-refractivity contribution is 6.32. The van der Waals surface area contributed by atoms with E-state index in [2.05, 4.69) is 0 Å². The molecule has 3 fully saturated rings. The topological polar surface area (TPSA) is 113 Å². The summed E-state index contributed by atoms with van der Waals surface area (Å²) in [6.45, 7) is 0.165. The van der Waals surface area contributed by atoms with Gasteiger partial charge in [-0.25, -0.2) is 4.90 Å². The third-order valence-electron chi connectivity index (χ3n) is 11.5. The number of ether oxygens (including phenoxy) is 2. The lowest BCUT2D eigenvalue weighted by Crippen LogP contribution is -2.54. The van der Waals surface area contributed by atoms with E-state index in [0.717, 1.165) is 11.1 Å². The van der Waals surface area contributed by atoms with Crippen molar-refractivity contribution in [2.45, 2.75) is 24.8 Å². The number of rotatable bonds is 8. The van der Waals surface area contributed by atoms with Gasteiger partial charge in [0.25, 0.3) is 0 Å². The van der Waals surface area contributed by atoms with Gasteiger partial charge in [0.15, 0.2) is 11.5 Å². The maximum absolute atomic E-state index is 15.3. The zero-order valence-corrected chi connectivity index (χ0v) is 29.9. The van der Waals surface area contributed by atoms with Crippen molar-refractivity contribution in [3.8, 4) is 17.2 Å². The van der Waals surface area contributed by atoms with Gasteiger partial charge in [0.1, 0.15) is 0 Å². The van der Waals surface area contributed by atoms with E-state index in [4.69, 9.17) is 21.1 Å². The summed E-state index contributed by atoms with van der Waals surface area (Å²) in [6.07, 6.45) is 6.30. The number of phenols is 1. The molecule has 10 heteroatoms. The first-order chi connectivity index (χ1) is 25.7. The monoisotopic (exact) mass is 728 g/mol. The largest absolute Gasteiger partial charge is 0.502 e. The van der Waals surface area contributed by atoms with Gasteiger partial charge in [-0.2, -0.15) is 0 Å². The van der Waals surface area contributed by atoms with E-state index in [1.165, 1.54) is 24.0 Å². The van der Waals surface area contributed by atoms with Gasteiger partial charge in [0.2, 0.25) is 29.4 Å². The van der Waals surface area contributed by atoms with E-state index < -0.39 is 40.9 Å². The Bertz CT molecular complexity index is 2180. The lowest BCUT2D eigenvalue weighted by molar-refractivity contribution is -0.141. The molecule has 4 aromatic rings. The number of fused-ring (bicyclic) bond motifs is 4. The van der Waals surface area contributed by atoms with Crippen molar-refractivity contribution >= 4 is 47.0 Å². The molecule has 2 saturated heterocycles. The molecule has 4 aromatic carbocycles. The van der Waals surface area contributed by atoms with Gasteiger partial charge < -0.3 is 14.6 Å². The first-order valence-corrected chi connectivity index (χ1v) is 18.0. The minimum absolute atomic E-state index is 0.148. The highest BCUT2D eigenvalue weighted by atomic mass is 35.5. The molecule has 0 radical (unpaired) electrons. The van der Waals surface area contributed by atoms with Crippen LogP contribution in [-0.4, -0.2) is 47.9 Å². The summed E-state index contributed by atoms with van der Waals surface area (Å²) in [4.78, 5) is 61.2. The fourth-order valence-electron chi connectivity index (χ4n) is 9.19. The van der Waals surface area contributed by atoms with Crippen molar-refractivity contribution in [3.05, 3.63) is 137 Å². The highest BCUT2D eigenvalue weighted by Crippen LogP contribution is 2.62. The van der Waals surface area contributed by atoms with Crippen LogP contribution < -0.4 is 14.4 Å². The van der Waals surface area contributed by atoms with Crippen LogP contribution in [0.15, 0.2) is 115 Å². The molecule has 6 atom stereocenters. The van der Waals surface area contributed by atoms with Crippen LogP contribution in [0.4, 0.5) is 5.69 Å². The molecule has 0 bridgehead atoms. The van der Waals surface area contributed by atoms with Gasteiger partial charge in [-0.1, -0.05) is 102 Å². The van der Waals surface area contributed by atoms with Gasteiger partial charge in [0.05, 0.1) is 49.6 Å². The number of hydrogen-bond donors (Lipinski definition) is 1. The van der Waals surface area contributed by atoms with E-state index in [-0.39, 0.29) is 47.9 Å². The number of aromatic hydroxyl groups is 1. The molecule has 4 aliphatic rings. The fourth-order valence-corrected chi connectivity index (χ4v) is 9.38. The first kappa shape index (κ1) is 34.4. The van der Waals surface area contributed by atoms with Crippen molar-refractivity contribution in [1.82, 2.24) is 4.90 Å². The molecule has 1 N–H and O–H groups in total. The number of amides is 4. The summed E-state index contributed by atoms with van der Waals surface area (Å²) in [7, 11) is 2.89. The van der Waals surface area contributed by atoms with Gasteiger partial charge in [-0.15, -0.1) is 0 Å². The van der Waals surface area contributed by atoms with Crippen molar-refractivity contribution in [3.63, 3.8) is 0 Å². The molecule has 6 unspecified atom stereocenters. The Morgan fingerprint density at radius 3 is 2.17 bits per heavy atom. The second-order valence-corrected chi connectivity index (χ2v) is 14.5. The number of methoxy groups -OCH3 is 2. The molecule has 1 saturated carbocycles. The highest BCUT2D eigenvalue weighted by Gasteiger charge is 2.69. The molecule has 8 rings (SSSR count). The van der Waals surface area contributed by atoms with Crippen LogP contribution in [0.5, 0.6) is 17.2 Å². The zero-order valence-electron chi connectivity index (χ0n) is 29.1. The van der Waals surface area contributed by atoms with Gasteiger partial charge in [-0.05, 0) is 65.8 Å².